The highest BCUT2D eigenvalue weighted by Gasteiger charge is 2.21. The standard InChI is InChI=1S/C38H74O4/c1-7-9-11-13-15-17-19-21-23-25-27-29-35(33(3)4)41-37(39)31-32-38(40)42-36(34(5)6)30-28-26-24-22-20-18-16-14-12-10-8-2/h33-36H,7-32H2,1-6H3. The van der Waals surface area contributed by atoms with Gasteiger partial charge >= 0.3 is 11.9 Å². The molecule has 0 fully saturated rings. The summed E-state index contributed by atoms with van der Waals surface area (Å²) in [7, 11) is 0. The van der Waals surface area contributed by atoms with Gasteiger partial charge in [-0.3, -0.25) is 9.59 Å². The van der Waals surface area contributed by atoms with Crippen molar-refractivity contribution >= 4 is 11.9 Å². The van der Waals surface area contributed by atoms with E-state index >= 15 is 0 Å². The molecule has 2 unspecified atom stereocenters. The molecule has 0 aliphatic carbocycles. The second kappa shape index (κ2) is 30.0. The van der Waals surface area contributed by atoms with Gasteiger partial charge in [-0.2, -0.15) is 0 Å². The minimum atomic E-state index is -0.264. The van der Waals surface area contributed by atoms with Gasteiger partial charge in [0.05, 0.1) is 12.8 Å². The third-order valence-corrected chi connectivity index (χ3v) is 8.77. The zero-order valence-electron chi connectivity index (χ0n) is 29.3. The number of hydrogen-bond acceptors (Lipinski definition) is 4. The smallest absolute Gasteiger partial charge is 0.306 e. The normalized spacial score (nSPS) is 13.0. The molecule has 0 aromatic rings. The topological polar surface area (TPSA) is 52.6 Å². The van der Waals surface area contributed by atoms with Gasteiger partial charge in [-0.25, -0.2) is 0 Å². The number of carbonyl (C=O) groups is 2. The first kappa shape index (κ1) is 40.9. The van der Waals surface area contributed by atoms with Crippen LogP contribution in [0.25, 0.3) is 0 Å². The van der Waals surface area contributed by atoms with Gasteiger partial charge in [0.1, 0.15) is 12.2 Å². The fraction of sp³-hybridized carbons (Fsp3) is 0.947. The lowest BCUT2D eigenvalue weighted by Gasteiger charge is -2.22. The van der Waals surface area contributed by atoms with Crippen molar-refractivity contribution in [2.45, 2.75) is 221 Å². The molecule has 0 rings (SSSR count). The molecular formula is C38H74O4. The van der Waals surface area contributed by atoms with Crippen LogP contribution in [0.5, 0.6) is 0 Å². The van der Waals surface area contributed by atoms with Crippen molar-refractivity contribution in [1.82, 2.24) is 0 Å². The lowest BCUT2D eigenvalue weighted by Crippen LogP contribution is -2.26. The Labute approximate surface area is 263 Å². The van der Waals surface area contributed by atoms with Gasteiger partial charge < -0.3 is 9.47 Å². The van der Waals surface area contributed by atoms with Crippen LogP contribution < -0.4 is 0 Å². The van der Waals surface area contributed by atoms with Gasteiger partial charge in [-0.1, -0.05) is 170 Å². The first-order chi connectivity index (χ1) is 20.3. The highest BCUT2D eigenvalue weighted by atomic mass is 16.6. The Bertz CT molecular complexity index is 548. The van der Waals surface area contributed by atoms with Gasteiger partial charge in [0, 0.05) is 0 Å². The van der Waals surface area contributed by atoms with Gasteiger partial charge in [0.25, 0.3) is 0 Å². The van der Waals surface area contributed by atoms with Crippen molar-refractivity contribution in [2.24, 2.45) is 11.8 Å². The average molecular weight is 595 g/mol. The van der Waals surface area contributed by atoms with E-state index in [0.717, 1.165) is 25.7 Å². The van der Waals surface area contributed by atoms with E-state index in [-0.39, 0.29) is 37.0 Å². The summed E-state index contributed by atoms with van der Waals surface area (Å²) in [6.07, 6.45) is 30.9. The van der Waals surface area contributed by atoms with Crippen molar-refractivity contribution in [2.75, 3.05) is 0 Å². The van der Waals surface area contributed by atoms with Crippen LogP contribution in [-0.2, 0) is 19.1 Å². The van der Waals surface area contributed by atoms with Crippen molar-refractivity contribution < 1.29 is 19.1 Å². The minimum absolute atomic E-state index is 0.0587. The maximum absolute atomic E-state index is 12.5. The minimum Gasteiger partial charge on any atom is -0.462 e. The van der Waals surface area contributed by atoms with Crippen LogP contribution in [0, 0.1) is 11.8 Å². The molecule has 42 heavy (non-hydrogen) atoms. The van der Waals surface area contributed by atoms with E-state index in [2.05, 4.69) is 41.5 Å². The molecule has 0 radical (unpaired) electrons. The quantitative estimate of drug-likeness (QED) is 0.0591. The zero-order chi connectivity index (χ0) is 31.3. The Kier molecular flexibility index (Phi) is 29.2. The summed E-state index contributed by atoms with van der Waals surface area (Å²) in [5.41, 5.74) is 0. The van der Waals surface area contributed by atoms with Crippen LogP contribution in [0.3, 0.4) is 0 Å². The molecule has 0 saturated heterocycles. The lowest BCUT2D eigenvalue weighted by atomic mass is 9.99. The van der Waals surface area contributed by atoms with Crippen LogP contribution in [0.4, 0.5) is 0 Å². The lowest BCUT2D eigenvalue weighted by molar-refractivity contribution is -0.158. The van der Waals surface area contributed by atoms with Crippen molar-refractivity contribution in [3.63, 3.8) is 0 Å². The monoisotopic (exact) mass is 595 g/mol. The van der Waals surface area contributed by atoms with Crippen LogP contribution in [0.1, 0.15) is 208 Å². The first-order valence-electron chi connectivity index (χ1n) is 18.7. The van der Waals surface area contributed by atoms with E-state index in [1.807, 2.05) is 0 Å². The molecule has 0 N–H and O–H groups in total. The third kappa shape index (κ3) is 26.6. The summed E-state index contributed by atoms with van der Waals surface area (Å²) in [6, 6.07) is 0. The van der Waals surface area contributed by atoms with E-state index < -0.39 is 0 Å². The fourth-order valence-corrected chi connectivity index (χ4v) is 5.74. The van der Waals surface area contributed by atoms with Gasteiger partial charge in [-0.05, 0) is 37.5 Å². The van der Waals surface area contributed by atoms with Crippen molar-refractivity contribution in [3.8, 4) is 0 Å². The predicted octanol–water partition coefficient (Wildman–Crippen LogP) is 12.3. The summed E-state index contributed by atoms with van der Waals surface area (Å²) < 4.78 is 11.6. The molecule has 0 aliphatic heterocycles. The zero-order valence-corrected chi connectivity index (χ0v) is 29.3. The maximum atomic E-state index is 12.5. The van der Waals surface area contributed by atoms with Crippen molar-refractivity contribution in [1.29, 1.82) is 0 Å². The van der Waals surface area contributed by atoms with E-state index in [4.69, 9.17) is 9.47 Å². The molecule has 250 valence electrons. The summed E-state index contributed by atoms with van der Waals surface area (Å²) in [5.74, 6) is 0.0562. The number of carbonyl (C=O) groups excluding carboxylic acids is 2. The molecule has 0 aliphatic rings. The van der Waals surface area contributed by atoms with Crippen LogP contribution >= 0.6 is 0 Å². The number of ether oxygens (including phenoxy) is 2. The Balaban J connectivity index is 4.02. The van der Waals surface area contributed by atoms with E-state index in [0.29, 0.717) is 11.8 Å². The third-order valence-electron chi connectivity index (χ3n) is 8.77. The van der Waals surface area contributed by atoms with E-state index in [1.165, 1.54) is 128 Å². The van der Waals surface area contributed by atoms with E-state index in [1.54, 1.807) is 0 Å². The fourth-order valence-electron chi connectivity index (χ4n) is 5.74. The Morgan fingerprint density at radius 1 is 0.405 bits per heavy atom. The van der Waals surface area contributed by atoms with Crippen LogP contribution in [-0.4, -0.2) is 24.1 Å². The Morgan fingerprint density at radius 2 is 0.643 bits per heavy atom. The molecule has 0 saturated carbocycles. The molecule has 0 aromatic carbocycles. The molecule has 0 amide bonds. The van der Waals surface area contributed by atoms with Crippen LogP contribution in [0.15, 0.2) is 0 Å². The second-order valence-corrected chi connectivity index (χ2v) is 13.7. The molecule has 0 spiro atoms. The summed E-state index contributed by atoms with van der Waals surface area (Å²) in [6.45, 7) is 13.0. The number of hydrogen-bond donors (Lipinski definition) is 0. The average Bonchev–Trinajstić information content (AvgIpc) is 2.96. The molecule has 4 heteroatoms. The highest BCUT2D eigenvalue weighted by molar-refractivity contribution is 5.77. The molecule has 2 atom stereocenters. The first-order valence-corrected chi connectivity index (χ1v) is 18.7. The predicted molar refractivity (Wildman–Crippen MR) is 181 cm³/mol. The summed E-state index contributed by atoms with van der Waals surface area (Å²) >= 11 is 0. The van der Waals surface area contributed by atoms with E-state index in [9.17, 15) is 9.59 Å². The molecule has 0 bridgehead atoms. The Morgan fingerprint density at radius 3 is 0.881 bits per heavy atom. The van der Waals surface area contributed by atoms with Crippen LogP contribution in [0.2, 0.25) is 0 Å². The molecule has 4 nitrogen and oxygen atoms in total. The molecule has 0 heterocycles. The SMILES string of the molecule is CCCCCCCCCCCCCC(OC(=O)CCC(=O)OC(CCCCCCCCCCCCC)C(C)C)C(C)C. The van der Waals surface area contributed by atoms with Gasteiger partial charge in [-0.15, -0.1) is 0 Å². The maximum Gasteiger partial charge on any atom is 0.306 e. The van der Waals surface area contributed by atoms with Crippen molar-refractivity contribution in [3.05, 3.63) is 0 Å². The summed E-state index contributed by atoms with van der Waals surface area (Å²) in [4.78, 5) is 25.1. The Hall–Kier alpha value is -1.06. The molecular weight excluding hydrogens is 520 g/mol. The van der Waals surface area contributed by atoms with Gasteiger partial charge in [0.15, 0.2) is 0 Å². The summed E-state index contributed by atoms with van der Waals surface area (Å²) in [5, 5.41) is 0. The largest absolute Gasteiger partial charge is 0.462 e. The number of esters is 2. The number of rotatable bonds is 31. The number of unbranched alkanes of at least 4 members (excludes halogenated alkanes) is 20. The molecule has 0 aromatic heterocycles. The second-order valence-electron chi connectivity index (χ2n) is 13.7. The van der Waals surface area contributed by atoms with Gasteiger partial charge in [0.2, 0.25) is 0 Å². The highest BCUT2D eigenvalue weighted by Crippen LogP contribution is 2.20.